The van der Waals surface area contributed by atoms with Crippen LogP contribution in [0.1, 0.15) is 78.1 Å². The highest BCUT2D eigenvalue weighted by molar-refractivity contribution is 6.43. The summed E-state index contributed by atoms with van der Waals surface area (Å²) in [4.78, 5) is 36.7. The molecule has 4 aliphatic carbocycles. The summed E-state index contributed by atoms with van der Waals surface area (Å²) in [5.74, 6) is 0.248. The Morgan fingerprint density at radius 1 is 1.11 bits per heavy atom. The van der Waals surface area contributed by atoms with Crippen LogP contribution in [0.4, 0.5) is 0 Å². The van der Waals surface area contributed by atoms with Gasteiger partial charge in [-0.3, -0.25) is 15.0 Å². The molecular formula is C23H41BN6O6. The van der Waals surface area contributed by atoms with Crippen LogP contribution in [0.5, 0.6) is 0 Å². The molecule has 4 saturated carbocycles. The van der Waals surface area contributed by atoms with Gasteiger partial charge in [0.2, 0.25) is 11.8 Å². The van der Waals surface area contributed by atoms with Crippen LogP contribution in [0.15, 0.2) is 0 Å². The lowest BCUT2D eigenvalue weighted by Crippen LogP contribution is -2.55. The minimum absolute atomic E-state index is 0.0200. The largest absolute Gasteiger partial charge is 0.475 e. The molecule has 4 aliphatic rings. The van der Waals surface area contributed by atoms with E-state index in [4.69, 9.17) is 5.41 Å². The summed E-state index contributed by atoms with van der Waals surface area (Å²) in [6, 6.07) is -0.890. The number of nitrogens with zero attached hydrogens (tertiary/aromatic N) is 1. The maximum absolute atomic E-state index is 13.2. The van der Waals surface area contributed by atoms with Crippen LogP contribution in [0, 0.1) is 44.6 Å². The first-order valence-corrected chi connectivity index (χ1v) is 13.1. The van der Waals surface area contributed by atoms with Crippen molar-refractivity contribution in [2.75, 3.05) is 6.54 Å². The van der Waals surface area contributed by atoms with Gasteiger partial charge in [-0.05, 0) is 86.9 Å². The van der Waals surface area contributed by atoms with Gasteiger partial charge < -0.3 is 26.0 Å². The summed E-state index contributed by atoms with van der Waals surface area (Å²) in [6.07, 6.45) is 8.40. The van der Waals surface area contributed by atoms with Crippen LogP contribution < -0.4 is 21.4 Å². The molecule has 7 N–H and O–H groups in total. The van der Waals surface area contributed by atoms with Crippen LogP contribution in [0.3, 0.4) is 0 Å². The molecule has 0 heterocycles. The van der Waals surface area contributed by atoms with Crippen molar-refractivity contribution in [2.45, 2.75) is 90.0 Å². The molecule has 0 saturated heterocycles. The van der Waals surface area contributed by atoms with E-state index in [-0.39, 0.29) is 30.2 Å². The van der Waals surface area contributed by atoms with Gasteiger partial charge in [-0.1, -0.05) is 19.3 Å². The zero-order valence-electron chi connectivity index (χ0n) is 21.3. The van der Waals surface area contributed by atoms with Crippen LogP contribution in [0.25, 0.3) is 0 Å². The molecular weight excluding hydrogens is 467 g/mol. The minimum atomic E-state index is -1.73. The average Bonchev–Trinajstić information content (AvgIpc) is 2.73. The van der Waals surface area contributed by atoms with Crippen molar-refractivity contribution in [1.82, 2.24) is 21.4 Å². The predicted molar refractivity (Wildman–Crippen MR) is 134 cm³/mol. The van der Waals surface area contributed by atoms with Gasteiger partial charge in [-0.25, -0.2) is 10.1 Å². The Morgan fingerprint density at radius 3 is 2.19 bits per heavy atom. The second-order valence-electron chi connectivity index (χ2n) is 11.7. The Hall–Kier alpha value is -2.41. The van der Waals surface area contributed by atoms with Gasteiger partial charge in [0.05, 0.1) is 5.94 Å². The predicted octanol–water partition coefficient (Wildman–Crippen LogP) is 0.706. The lowest BCUT2D eigenvalue weighted by molar-refractivity contribution is -0.525. The molecule has 4 rings (SSSR count). The molecule has 2 amide bonds. The molecule has 0 unspecified atom stereocenters. The quantitative estimate of drug-likeness (QED) is 0.0472. The summed E-state index contributed by atoms with van der Waals surface area (Å²) in [5.41, 5.74) is 1.72. The van der Waals surface area contributed by atoms with Crippen LogP contribution >= 0.6 is 0 Å². The number of hydrazine groups is 1. The van der Waals surface area contributed by atoms with Crippen molar-refractivity contribution < 1.29 is 24.7 Å². The molecule has 4 fully saturated rings. The second kappa shape index (κ2) is 12.2. The summed E-state index contributed by atoms with van der Waals surface area (Å²) < 4.78 is 0. The van der Waals surface area contributed by atoms with Crippen LogP contribution in [-0.2, 0) is 9.59 Å². The van der Waals surface area contributed by atoms with Gasteiger partial charge in [-0.2, -0.15) is 0 Å². The normalized spacial score (nSPS) is 27.8. The number of hydrogen-bond acceptors (Lipinski definition) is 7. The SMILES string of the molecule is CC(C)C[C@H](NC(=O)[C@H](CCCNC(=N)N[N+](=O)[O-])NC(=O)CC12CC3CC(CC(C3)C1)C2)B(O)O. The van der Waals surface area contributed by atoms with Gasteiger partial charge in [0.1, 0.15) is 6.04 Å². The third-order valence-corrected chi connectivity index (χ3v) is 7.94. The maximum atomic E-state index is 13.2. The zero-order chi connectivity index (χ0) is 26.5. The van der Waals surface area contributed by atoms with E-state index in [2.05, 4.69) is 16.0 Å². The second-order valence-corrected chi connectivity index (χ2v) is 11.7. The molecule has 0 aromatic heterocycles. The van der Waals surface area contributed by atoms with Gasteiger partial charge in [0.25, 0.3) is 5.96 Å². The third-order valence-electron chi connectivity index (χ3n) is 7.94. The minimum Gasteiger partial charge on any atom is -0.426 e. The summed E-state index contributed by atoms with van der Waals surface area (Å²) in [6.45, 7) is 4.00. The number of carbonyl (C=O) groups excluding carboxylic acids is 2. The lowest BCUT2D eigenvalue weighted by Gasteiger charge is -2.56. The van der Waals surface area contributed by atoms with Gasteiger partial charge in [-0.15, -0.1) is 0 Å². The monoisotopic (exact) mass is 508 g/mol. The molecule has 13 heteroatoms. The number of guanidine groups is 1. The number of hydrogen-bond donors (Lipinski definition) is 7. The van der Waals surface area contributed by atoms with E-state index in [0.29, 0.717) is 37.0 Å². The van der Waals surface area contributed by atoms with Crippen LogP contribution in [0.2, 0.25) is 0 Å². The Balaban J connectivity index is 1.59. The molecule has 0 aromatic carbocycles. The van der Waals surface area contributed by atoms with Crippen molar-refractivity contribution >= 4 is 24.9 Å². The maximum Gasteiger partial charge on any atom is 0.475 e. The highest BCUT2D eigenvalue weighted by Crippen LogP contribution is 2.61. The fraction of sp³-hybridized carbons (Fsp3) is 0.870. The van der Waals surface area contributed by atoms with Crippen molar-refractivity contribution in [1.29, 1.82) is 5.41 Å². The molecule has 4 bridgehead atoms. The Bertz CT molecular complexity index is 790. The lowest BCUT2D eigenvalue weighted by atomic mass is 9.49. The van der Waals surface area contributed by atoms with Gasteiger partial charge in [0.15, 0.2) is 5.03 Å². The standard InChI is InChI=1S/C23H41BN6O6/c1-14(2)6-19(24(33)34)28-21(32)18(4-3-5-26-22(25)29-30(35)36)27-20(31)13-23-10-15-7-16(11-23)9-17(8-15)12-23/h14-19,33-34H,3-13H2,1-2H3,(H,27,31)(H,28,32)(H3,25,26,29)/t15?,16?,17?,18-,19-,23?/m0/s1. The Kier molecular flexibility index (Phi) is 9.56. The summed E-state index contributed by atoms with van der Waals surface area (Å²) in [5, 5.41) is 44.6. The van der Waals surface area contributed by atoms with Crippen molar-refractivity contribution in [3.63, 3.8) is 0 Å². The molecule has 36 heavy (non-hydrogen) atoms. The highest BCUT2D eigenvalue weighted by atomic mass is 16.7. The molecule has 0 aromatic rings. The fourth-order valence-electron chi connectivity index (χ4n) is 7.06. The number of carbonyl (C=O) groups is 2. The van der Waals surface area contributed by atoms with E-state index < -0.39 is 36.0 Å². The number of rotatable bonds is 13. The fourth-order valence-corrected chi connectivity index (χ4v) is 7.06. The zero-order valence-corrected chi connectivity index (χ0v) is 21.3. The third kappa shape index (κ3) is 8.05. The number of nitrogens with one attached hydrogen (secondary N) is 5. The Morgan fingerprint density at radius 2 is 1.69 bits per heavy atom. The van der Waals surface area contributed by atoms with Gasteiger partial charge >= 0.3 is 7.12 Å². The first-order chi connectivity index (χ1) is 16.9. The van der Waals surface area contributed by atoms with E-state index in [1.807, 2.05) is 13.8 Å². The summed E-state index contributed by atoms with van der Waals surface area (Å²) in [7, 11) is -1.73. The summed E-state index contributed by atoms with van der Waals surface area (Å²) >= 11 is 0. The van der Waals surface area contributed by atoms with E-state index in [9.17, 15) is 29.8 Å². The van der Waals surface area contributed by atoms with Crippen molar-refractivity contribution in [3.05, 3.63) is 10.1 Å². The molecule has 0 spiro atoms. The van der Waals surface area contributed by atoms with Crippen molar-refractivity contribution in [2.24, 2.45) is 29.1 Å². The van der Waals surface area contributed by atoms with E-state index in [0.717, 1.165) is 19.3 Å². The molecule has 202 valence electrons. The number of nitro groups is 1. The van der Waals surface area contributed by atoms with Gasteiger partial charge in [0, 0.05) is 13.0 Å². The smallest absolute Gasteiger partial charge is 0.426 e. The first kappa shape index (κ1) is 28.2. The Labute approximate surface area is 212 Å². The highest BCUT2D eigenvalue weighted by Gasteiger charge is 2.51. The topological polar surface area (TPSA) is 190 Å². The first-order valence-electron chi connectivity index (χ1n) is 13.1. The molecule has 0 aliphatic heterocycles. The van der Waals surface area contributed by atoms with E-state index in [1.54, 1.807) is 5.43 Å². The molecule has 2 atom stereocenters. The van der Waals surface area contributed by atoms with E-state index >= 15 is 0 Å². The number of amides is 2. The van der Waals surface area contributed by atoms with E-state index in [1.165, 1.54) is 19.3 Å². The molecule has 12 nitrogen and oxygen atoms in total. The van der Waals surface area contributed by atoms with Crippen molar-refractivity contribution in [3.8, 4) is 0 Å². The average molecular weight is 508 g/mol. The molecule has 0 radical (unpaired) electrons. The van der Waals surface area contributed by atoms with Crippen LogP contribution in [-0.4, -0.2) is 58.5 Å².